The van der Waals surface area contributed by atoms with Crippen LogP contribution >= 0.6 is 0 Å². The molecule has 0 unspecified atom stereocenters. The molecule has 262 valence electrons. The molecule has 0 radical (unpaired) electrons. The minimum absolute atomic E-state index is 0.916. The number of anilines is 3. The predicted octanol–water partition coefficient (Wildman–Crippen LogP) is 14.4. The van der Waals surface area contributed by atoms with Crippen LogP contribution in [0.1, 0.15) is 0 Å². The van der Waals surface area contributed by atoms with Gasteiger partial charge in [0.1, 0.15) is 5.65 Å². The molecule has 0 saturated heterocycles. The van der Waals surface area contributed by atoms with E-state index in [0.29, 0.717) is 0 Å². The summed E-state index contributed by atoms with van der Waals surface area (Å²) in [6.45, 7) is 0. The molecule has 56 heavy (non-hydrogen) atoms. The summed E-state index contributed by atoms with van der Waals surface area (Å²) in [5.74, 6) is 0. The van der Waals surface area contributed by atoms with E-state index in [9.17, 15) is 0 Å². The van der Waals surface area contributed by atoms with E-state index < -0.39 is 0 Å². The summed E-state index contributed by atoms with van der Waals surface area (Å²) in [5.41, 5.74) is 13.3. The molecule has 0 bridgehead atoms. The van der Waals surface area contributed by atoms with Crippen molar-refractivity contribution < 1.29 is 0 Å². The Morgan fingerprint density at radius 2 is 0.821 bits per heavy atom. The molecule has 3 nitrogen and oxygen atoms in total. The second kappa shape index (κ2) is 13.1. The predicted molar refractivity (Wildman–Crippen MR) is 236 cm³/mol. The molecule has 2 heterocycles. The molecule has 2 aromatic heterocycles. The molecule has 9 aromatic carbocycles. The lowest BCUT2D eigenvalue weighted by Gasteiger charge is -2.25. The van der Waals surface area contributed by atoms with Gasteiger partial charge in [-0.1, -0.05) is 146 Å². The fraction of sp³-hybridized carbons (Fsp3) is 0. The van der Waals surface area contributed by atoms with Crippen LogP contribution < -0.4 is 4.90 Å². The van der Waals surface area contributed by atoms with Gasteiger partial charge >= 0.3 is 0 Å². The summed E-state index contributed by atoms with van der Waals surface area (Å²) in [5, 5.41) is 7.29. The monoisotopic (exact) mass is 713 g/mol. The van der Waals surface area contributed by atoms with Gasteiger partial charge in [0, 0.05) is 34.4 Å². The maximum Gasteiger partial charge on any atom is 0.137 e. The van der Waals surface area contributed by atoms with Gasteiger partial charge in [-0.05, 0) is 115 Å². The standard InChI is InChI=1S/C53H35N3/c1-3-17-44(18-4-1)56(45-19-5-2-6-20-45)46-30-27-38(28-31-46)43-29-32-49-54-52-50(41-25-23-36-13-7-9-15-39(36)33-41)47-21-11-12-22-48(47)51(53(52)55(49)35-43)42-26-24-37-14-8-10-16-40(37)34-42/h1-35H. The molecule has 3 heteroatoms. The molecule has 0 saturated carbocycles. The van der Waals surface area contributed by atoms with E-state index in [1.807, 2.05) is 0 Å². The first-order chi connectivity index (χ1) is 27.8. The zero-order valence-corrected chi connectivity index (χ0v) is 30.5. The maximum absolute atomic E-state index is 5.47. The van der Waals surface area contributed by atoms with Gasteiger partial charge < -0.3 is 4.90 Å². The van der Waals surface area contributed by atoms with Gasteiger partial charge in [-0.2, -0.15) is 0 Å². The Hall–Kier alpha value is -7.49. The third-order valence-corrected chi connectivity index (χ3v) is 11.1. The van der Waals surface area contributed by atoms with Gasteiger partial charge in [-0.25, -0.2) is 4.98 Å². The molecule has 0 N–H and O–H groups in total. The lowest BCUT2D eigenvalue weighted by Crippen LogP contribution is -2.09. The summed E-state index contributed by atoms with van der Waals surface area (Å²) in [7, 11) is 0. The van der Waals surface area contributed by atoms with Crippen molar-refractivity contribution in [3.8, 4) is 33.4 Å². The smallest absolute Gasteiger partial charge is 0.137 e. The summed E-state index contributed by atoms with van der Waals surface area (Å²) in [6.07, 6.45) is 2.27. The Morgan fingerprint density at radius 1 is 0.357 bits per heavy atom. The number of hydrogen-bond donors (Lipinski definition) is 0. The SMILES string of the molecule is c1ccc(N(c2ccccc2)c2ccc(-c3ccc4nc5c(-c6ccc7ccccc7c6)c6ccccc6c(-c6ccc7ccccc7c6)c5n4c3)cc2)cc1. The van der Waals surface area contributed by atoms with E-state index in [-0.39, 0.29) is 0 Å². The summed E-state index contributed by atoms with van der Waals surface area (Å²) >= 11 is 0. The molecule has 0 aliphatic rings. The van der Waals surface area contributed by atoms with E-state index in [0.717, 1.165) is 56.0 Å². The van der Waals surface area contributed by atoms with E-state index in [1.165, 1.54) is 43.4 Å². The van der Waals surface area contributed by atoms with Gasteiger partial charge in [0.05, 0.1) is 11.0 Å². The van der Waals surface area contributed by atoms with Gasteiger partial charge in [0.2, 0.25) is 0 Å². The number of hydrogen-bond acceptors (Lipinski definition) is 2. The van der Waals surface area contributed by atoms with E-state index in [2.05, 4.69) is 222 Å². The lowest BCUT2D eigenvalue weighted by molar-refractivity contribution is 1.23. The topological polar surface area (TPSA) is 20.5 Å². The van der Waals surface area contributed by atoms with Crippen LogP contribution in [0.3, 0.4) is 0 Å². The van der Waals surface area contributed by atoms with Crippen LogP contribution in [0.4, 0.5) is 17.1 Å². The molecule has 0 spiro atoms. The maximum atomic E-state index is 5.47. The molecule has 11 aromatic rings. The first-order valence-corrected chi connectivity index (χ1v) is 19.1. The molecular formula is C53H35N3. The zero-order valence-electron chi connectivity index (χ0n) is 30.5. The highest BCUT2D eigenvalue weighted by atomic mass is 15.1. The highest BCUT2D eigenvalue weighted by Crippen LogP contribution is 2.45. The Bertz CT molecular complexity index is 3200. The Morgan fingerprint density at radius 3 is 1.43 bits per heavy atom. The number of benzene rings is 9. The van der Waals surface area contributed by atoms with Crippen LogP contribution in [-0.4, -0.2) is 9.38 Å². The number of pyridine rings is 1. The molecule has 0 aliphatic heterocycles. The fourth-order valence-corrected chi connectivity index (χ4v) is 8.48. The normalized spacial score (nSPS) is 11.6. The van der Waals surface area contributed by atoms with E-state index >= 15 is 0 Å². The third kappa shape index (κ3) is 5.32. The average molecular weight is 714 g/mol. The zero-order chi connectivity index (χ0) is 37.0. The molecule has 0 fully saturated rings. The number of rotatable bonds is 6. The van der Waals surface area contributed by atoms with Gasteiger partial charge in [0.25, 0.3) is 0 Å². The van der Waals surface area contributed by atoms with Gasteiger partial charge in [-0.3, -0.25) is 4.40 Å². The second-order valence-electron chi connectivity index (χ2n) is 14.4. The van der Waals surface area contributed by atoms with Crippen molar-refractivity contribution >= 4 is 66.1 Å². The first kappa shape index (κ1) is 32.0. The third-order valence-electron chi connectivity index (χ3n) is 11.1. The summed E-state index contributed by atoms with van der Waals surface area (Å²) in [6, 6.07) is 74.1. The van der Waals surface area contributed by atoms with Crippen LogP contribution in [0.15, 0.2) is 212 Å². The Kier molecular flexibility index (Phi) is 7.49. The number of aromatic nitrogens is 2. The molecule has 0 atom stereocenters. The number of fused-ring (bicyclic) bond motifs is 6. The van der Waals surface area contributed by atoms with Crippen molar-refractivity contribution in [1.82, 2.24) is 9.38 Å². The van der Waals surface area contributed by atoms with E-state index in [4.69, 9.17) is 4.98 Å². The minimum atomic E-state index is 0.916. The quantitative estimate of drug-likeness (QED) is 0.171. The minimum Gasteiger partial charge on any atom is -0.311 e. The van der Waals surface area contributed by atoms with Gasteiger partial charge in [-0.15, -0.1) is 0 Å². The Labute approximate surface area is 325 Å². The molecule has 0 amide bonds. The van der Waals surface area contributed by atoms with Crippen LogP contribution in [0.25, 0.3) is 82.4 Å². The molecule has 11 rings (SSSR count). The highest BCUT2D eigenvalue weighted by molar-refractivity contribution is 6.21. The van der Waals surface area contributed by atoms with Crippen molar-refractivity contribution in [3.05, 3.63) is 212 Å². The summed E-state index contributed by atoms with van der Waals surface area (Å²) in [4.78, 5) is 7.76. The van der Waals surface area contributed by atoms with Crippen molar-refractivity contribution in [2.24, 2.45) is 0 Å². The van der Waals surface area contributed by atoms with Crippen molar-refractivity contribution in [3.63, 3.8) is 0 Å². The van der Waals surface area contributed by atoms with Crippen molar-refractivity contribution in [2.45, 2.75) is 0 Å². The van der Waals surface area contributed by atoms with Crippen LogP contribution in [-0.2, 0) is 0 Å². The van der Waals surface area contributed by atoms with Crippen LogP contribution in [0.5, 0.6) is 0 Å². The van der Waals surface area contributed by atoms with E-state index in [1.54, 1.807) is 0 Å². The highest BCUT2D eigenvalue weighted by Gasteiger charge is 2.22. The molecule has 0 aliphatic carbocycles. The molecular weight excluding hydrogens is 679 g/mol. The van der Waals surface area contributed by atoms with Crippen LogP contribution in [0, 0.1) is 0 Å². The van der Waals surface area contributed by atoms with Crippen molar-refractivity contribution in [1.29, 1.82) is 0 Å². The number of para-hydroxylation sites is 2. The van der Waals surface area contributed by atoms with Crippen LogP contribution in [0.2, 0.25) is 0 Å². The van der Waals surface area contributed by atoms with Gasteiger partial charge in [0.15, 0.2) is 0 Å². The first-order valence-electron chi connectivity index (χ1n) is 19.1. The van der Waals surface area contributed by atoms with Crippen molar-refractivity contribution in [2.75, 3.05) is 4.90 Å². The second-order valence-corrected chi connectivity index (χ2v) is 14.4. The number of nitrogens with zero attached hydrogens (tertiary/aromatic N) is 3. The summed E-state index contributed by atoms with van der Waals surface area (Å²) < 4.78 is 2.32. The average Bonchev–Trinajstić information content (AvgIpc) is 3.64. The lowest BCUT2D eigenvalue weighted by atomic mass is 9.89. The largest absolute Gasteiger partial charge is 0.311 e. The Balaban J connectivity index is 1.14. The fourth-order valence-electron chi connectivity index (χ4n) is 8.48. The number of imidazole rings is 1.